The quantitative estimate of drug-likeness (QED) is 0.195. The van der Waals surface area contributed by atoms with Crippen LogP contribution in [0.2, 0.25) is 0 Å². The number of hydrogen-bond acceptors (Lipinski definition) is 7. The number of hydrogen-bond donors (Lipinski definition) is 0. The van der Waals surface area contributed by atoms with Gasteiger partial charge in [0.2, 0.25) is 0 Å². The van der Waals surface area contributed by atoms with E-state index in [4.69, 9.17) is 19.2 Å². The predicted octanol–water partition coefficient (Wildman–Crippen LogP) is 5.93. The van der Waals surface area contributed by atoms with Crippen molar-refractivity contribution in [2.75, 3.05) is 13.2 Å². The van der Waals surface area contributed by atoms with Gasteiger partial charge in [-0.2, -0.15) is 0 Å². The molecule has 0 fully saturated rings. The summed E-state index contributed by atoms with van der Waals surface area (Å²) in [5.74, 6) is 0.743. The second-order valence-corrected chi connectivity index (χ2v) is 11.3. The average molecular weight is 605 g/mol. The first-order valence-corrected chi connectivity index (χ1v) is 15.4. The Hall–Kier alpha value is -4.95. The van der Waals surface area contributed by atoms with Crippen LogP contribution in [0.4, 0.5) is 0 Å². The number of thiazole rings is 1. The van der Waals surface area contributed by atoms with Gasteiger partial charge in [-0.1, -0.05) is 90.2 Å². The molecule has 5 aromatic rings. The summed E-state index contributed by atoms with van der Waals surface area (Å²) < 4.78 is 19.6. The fraction of sp³-hybridized carbons (Fsp3) is 0.194. The number of rotatable bonds is 9. The lowest BCUT2D eigenvalue weighted by Crippen LogP contribution is -2.40. The van der Waals surface area contributed by atoms with E-state index >= 15 is 0 Å². The van der Waals surface area contributed by atoms with Crippen LogP contribution in [0.15, 0.2) is 112 Å². The first-order chi connectivity index (χ1) is 21.5. The molecule has 0 amide bonds. The van der Waals surface area contributed by atoms with Crippen LogP contribution in [0.3, 0.4) is 0 Å². The highest BCUT2D eigenvalue weighted by molar-refractivity contribution is 7.07. The molecule has 0 saturated heterocycles. The number of fused-ring (bicyclic) bond motifs is 2. The monoisotopic (exact) mass is 604 g/mol. The SMILES string of the molecule is CCOC(=O)C1=C(C)N=c2s/c(=C/c3ccc(OCc4ccccc4)c(OCC)c3)c(=O)n2[C@H]1c1cccc2ccccc12. The summed E-state index contributed by atoms with van der Waals surface area (Å²) in [4.78, 5) is 32.7. The molecule has 4 aromatic carbocycles. The molecule has 0 spiro atoms. The van der Waals surface area contributed by atoms with Gasteiger partial charge in [0.05, 0.1) is 35.1 Å². The van der Waals surface area contributed by atoms with Gasteiger partial charge in [0.1, 0.15) is 6.61 Å². The van der Waals surface area contributed by atoms with Crippen LogP contribution in [0, 0.1) is 0 Å². The van der Waals surface area contributed by atoms with E-state index in [2.05, 4.69) is 0 Å². The van der Waals surface area contributed by atoms with Gasteiger partial charge in [-0.15, -0.1) is 0 Å². The van der Waals surface area contributed by atoms with Gasteiger partial charge in [0, 0.05) is 0 Å². The van der Waals surface area contributed by atoms with Crippen LogP contribution in [0.25, 0.3) is 16.8 Å². The van der Waals surface area contributed by atoms with E-state index in [1.54, 1.807) is 18.4 Å². The zero-order chi connectivity index (χ0) is 30.6. The van der Waals surface area contributed by atoms with E-state index in [1.807, 2.05) is 104 Å². The standard InChI is InChI=1S/C36H32N2O5S/c1-4-41-30-20-25(18-19-29(30)43-22-24-12-7-6-8-13-24)21-31-34(39)38-33(28-17-11-15-26-14-9-10-16-27(26)28)32(35(40)42-5-2)23(3)37-36(38)44-31/h6-21,33H,4-5,22H2,1-3H3/b31-21+/t33-/m0/s1. The van der Waals surface area contributed by atoms with Crippen molar-refractivity contribution in [1.29, 1.82) is 0 Å². The van der Waals surface area contributed by atoms with Crippen molar-refractivity contribution >= 4 is 34.2 Å². The van der Waals surface area contributed by atoms with Gasteiger partial charge in [-0.05, 0) is 66.4 Å². The largest absolute Gasteiger partial charge is 0.490 e. The molecule has 1 aliphatic heterocycles. The first-order valence-electron chi connectivity index (χ1n) is 14.6. The molecule has 0 bridgehead atoms. The van der Waals surface area contributed by atoms with Crippen LogP contribution in [-0.4, -0.2) is 23.8 Å². The molecule has 8 heteroatoms. The third-order valence-corrected chi connectivity index (χ3v) is 8.42. The Morgan fingerprint density at radius 2 is 1.68 bits per heavy atom. The minimum Gasteiger partial charge on any atom is -0.490 e. The van der Waals surface area contributed by atoms with Crippen LogP contribution in [0.5, 0.6) is 11.5 Å². The number of allylic oxidation sites excluding steroid dienone is 1. The summed E-state index contributed by atoms with van der Waals surface area (Å²) in [5, 5.41) is 1.97. The molecular formula is C36H32N2O5S. The van der Waals surface area contributed by atoms with Crippen molar-refractivity contribution < 1.29 is 19.0 Å². The van der Waals surface area contributed by atoms with E-state index < -0.39 is 12.0 Å². The maximum absolute atomic E-state index is 14.2. The van der Waals surface area contributed by atoms with Crippen LogP contribution >= 0.6 is 11.3 Å². The number of nitrogens with zero attached hydrogens (tertiary/aromatic N) is 2. The molecule has 44 heavy (non-hydrogen) atoms. The Morgan fingerprint density at radius 3 is 2.48 bits per heavy atom. The Balaban J connectivity index is 1.45. The van der Waals surface area contributed by atoms with Gasteiger partial charge in [-0.3, -0.25) is 9.36 Å². The van der Waals surface area contributed by atoms with Crippen molar-refractivity contribution in [3.8, 4) is 11.5 Å². The number of aromatic nitrogens is 1. The molecule has 222 valence electrons. The summed E-state index contributed by atoms with van der Waals surface area (Å²) in [6.07, 6.45) is 1.83. The lowest BCUT2D eigenvalue weighted by molar-refractivity contribution is -0.139. The van der Waals surface area contributed by atoms with Crippen LogP contribution in [0.1, 0.15) is 43.5 Å². The molecule has 0 unspecified atom stereocenters. The number of benzene rings is 4. The number of carbonyl (C=O) groups excluding carboxylic acids is 1. The van der Waals surface area contributed by atoms with Gasteiger partial charge in [-0.25, -0.2) is 9.79 Å². The highest BCUT2D eigenvalue weighted by Crippen LogP contribution is 2.35. The lowest BCUT2D eigenvalue weighted by Gasteiger charge is -2.25. The van der Waals surface area contributed by atoms with Crippen molar-refractivity contribution in [3.05, 3.63) is 139 Å². The zero-order valence-electron chi connectivity index (χ0n) is 24.8. The average Bonchev–Trinajstić information content (AvgIpc) is 3.34. The van der Waals surface area contributed by atoms with Gasteiger partial charge >= 0.3 is 5.97 Å². The zero-order valence-corrected chi connectivity index (χ0v) is 25.6. The predicted molar refractivity (Wildman–Crippen MR) is 173 cm³/mol. The minimum atomic E-state index is -0.689. The molecule has 2 heterocycles. The van der Waals surface area contributed by atoms with Gasteiger partial charge in [0.15, 0.2) is 16.3 Å². The molecule has 0 radical (unpaired) electrons. The molecule has 0 saturated carbocycles. The first kappa shape index (κ1) is 29.1. The molecule has 1 atom stereocenters. The fourth-order valence-corrected chi connectivity index (χ4v) is 6.51. The second kappa shape index (κ2) is 12.7. The van der Waals surface area contributed by atoms with Gasteiger partial charge < -0.3 is 14.2 Å². The molecule has 0 aliphatic carbocycles. The Bertz CT molecular complexity index is 2050. The molecule has 1 aliphatic rings. The van der Waals surface area contributed by atoms with Crippen molar-refractivity contribution in [2.24, 2.45) is 4.99 Å². The summed E-state index contributed by atoms with van der Waals surface area (Å²) in [6, 6.07) is 28.8. The maximum Gasteiger partial charge on any atom is 0.338 e. The number of carbonyl (C=O) groups is 1. The van der Waals surface area contributed by atoms with E-state index in [9.17, 15) is 9.59 Å². The highest BCUT2D eigenvalue weighted by atomic mass is 32.1. The normalized spacial score (nSPS) is 14.7. The summed E-state index contributed by atoms with van der Waals surface area (Å²) in [6.45, 7) is 6.58. The number of esters is 1. The second-order valence-electron chi connectivity index (χ2n) is 10.3. The van der Waals surface area contributed by atoms with Crippen molar-refractivity contribution in [3.63, 3.8) is 0 Å². The highest BCUT2D eigenvalue weighted by Gasteiger charge is 2.34. The van der Waals surface area contributed by atoms with E-state index in [-0.39, 0.29) is 12.2 Å². The Labute approximate surface area is 259 Å². The molecule has 6 rings (SSSR count). The van der Waals surface area contributed by atoms with Gasteiger partial charge in [0.25, 0.3) is 5.56 Å². The third-order valence-electron chi connectivity index (χ3n) is 7.44. The molecule has 7 nitrogen and oxygen atoms in total. The van der Waals surface area contributed by atoms with Crippen molar-refractivity contribution in [1.82, 2.24) is 4.57 Å². The molecule has 1 aromatic heterocycles. The van der Waals surface area contributed by atoms with E-state index in [0.717, 1.165) is 27.5 Å². The van der Waals surface area contributed by atoms with E-state index in [0.29, 0.717) is 45.3 Å². The third kappa shape index (κ3) is 5.68. The van der Waals surface area contributed by atoms with Crippen molar-refractivity contribution in [2.45, 2.75) is 33.4 Å². The lowest BCUT2D eigenvalue weighted by atomic mass is 9.91. The fourth-order valence-electron chi connectivity index (χ4n) is 5.46. The Morgan fingerprint density at radius 1 is 0.909 bits per heavy atom. The van der Waals surface area contributed by atoms with Crippen LogP contribution in [-0.2, 0) is 16.1 Å². The molecular weight excluding hydrogens is 572 g/mol. The molecule has 0 N–H and O–H groups in total. The minimum absolute atomic E-state index is 0.218. The summed E-state index contributed by atoms with van der Waals surface area (Å²) in [7, 11) is 0. The summed E-state index contributed by atoms with van der Waals surface area (Å²) >= 11 is 1.29. The number of ether oxygens (including phenoxy) is 3. The smallest absolute Gasteiger partial charge is 0.338 e. The van der Waals surface area contributed by atoms with Crippen LogP contribution < -0.4 is 24.4 Å². The van der Waals surface area contributed by atoms with E-state index in [1.165, 1.54) is 11.3 Å². The Kier molecular flexibility index (Phi) is 8.43. The summed E-state index contributed by atoms with van der Waals surface area (Å²) in [5.41, 5.74) is 3.34. The maximum atomic E-state index is 14.2. The topological polar surface area (TPSA) is 79.1 Å².